The van der Waals surface area contributed by atoms with E-state index in [-0.39, 0.29) is 22.3 Å². The standard InChI is InChI=1S/C14H23N3O3S/c1-14(2,3)8-5-6-9(11(18)19)10(7-8)21-13-16-15-12(20)17(13)4/h8-10H,5-7H2,1-4H3,(H,15,20)(H,18,19). The number of carbonyl (C=O) groups is 1. The molecule has 0 amide bonds. The maximum atomic E-state index is 11.5. The summed E-state index contributed by atoms with van der Waals surface area (Å²) >= 11 is 1.41. The van der Waals surface area contributed by atoms with Crippen LogP contribution in [0.2, 0.25) is 0 Å². The van der Waals surface area contributed by atoms with E-state index in [2.05, 4.69) is 31.0 Å². The minimum absolute atomic E-state index is 0.0469. The highest BCUT2D eigenvalue weighted by Crippen LogP contribution is 2.45. The van der Waals surface area contributed by atoms with Gasteiger partial charge in [-0.05, 0) is 30.6 Å². The van der Waals surface area contributed by atoms with Crippen LogP contribution in [0.1, 0.15) is 40.0 Å². The minimum Gasteiger partial charge on any atom is -0.481 e. The summed E-state index contributed by atoms with van der Waals surface area (Å²) in [5.41, 5.74) is -0.104. The van der Waals surface area contributed by atoms with E-state index in [0.29, 0.717) is 17.5 Å². The van der Waals surface area contributed by atoms with Crippen LogP contribution in [0.15, 0.2) is 9.95 Å². The first-order chi connectivity index (χ1) is 9.70. The number of hydrogen-bond donors (Lipinski definition) is 2. The molecule has 1 saturated carbocycles. The Balaban J connectivity index is 2.20. The van der Waals surface area contributed by atoms with E-state index in [1.54, 1.807) is 7.05 Å². The third-order valence-electron chi connectivity index (χ3n) is 4.43. The number of carboxylic acids is 1. The summed E-state index contributed by atoms with van der Waals surface area (Å²) in [5, 5.41) is 16.3. The lowest BCUT2D eigenvalue weighted by Crippen LogP contribution is -2.37. The van der Waals surface area contributed by atoms with Crippen molar-refractivity contribution < 1.29 is 9.90 Å². The average Bonchev–Trinajstić information content (AvgIpc) is 2.69. The predicted octanol–water partition coefficient (Wildman–Crippen LogP) is 2.12. The number of H-pyrrole nitrogens is 1. The van der Waals surface area contributed by atoms with Gasteiger partial charge in [0, 0.05) is 12.3 Å². The van der Waals surface area contributed by atoms with Crippen molar-refractivity contribution in [3.8, 4) is 0 Å². The largest absolute Gasteiger partial charge is 0.481 e. The Morgan fingerprint density at radius 3 is 2.57 bits per heavy atom. The Hall–Kier alpha value is -1.24. The lowest BCUT2D eigenvalue weighted by Gasteiger charge is -2.39. The van der Waals surface area contributed by atoms with E-state index in [4.69, 9.17) is 0 Å². The SMILES string of the molecule is Cn1c(SC2CC(C(C)(C)C)CCC2C(=O)O)n[nH]c1=O. The molecular weight excluding hydrogens is 290 g/mol. The molecule has 1 aromatic heterocycles. The van der Waals surface area contributed by atoms with Crippen LogP contribution < -0.4 is 5.69 Å². The van der Waals surface area contributed by atoms with E-state index in [9.17, 15) is 14.7 Å². The number of nitrogens with one attached hydrogen (secondary N) is 1. The van der Waals surface area contributed by atoms with Crippen molar-refractivity contribution in [2.75, 3.05) is 0 Å². The van der Waals surface area contributed by atoms with Crippen molar-refractivity contribution in [1.82, 2.24) is 14.8 Å². The molecule has 2 rings (SSSR count). The summed E-state index contributed by atoms with van der Waals surface area (Å²) in [6.45, 7) is 6.60. The molecule has 1 aliphatic rings. The molecular formula is C14H23N3O3S. The highest BCUT2D eigenvalue weighted by atomic mass is 32.2. The van der Waals surface area contributed by atoms with Gasteiger partial charge in [0.25, 0.3) is 0 Å². The zero-order valence-corrected chi connectivity index (χ0v) is 13.7. The first-order valence-electron chi connectivity index (χ1n) is 7.21. The van der Waals surface area contributed by atoms with Gasteiger partial charge in [0.15, 0.2) is 5.16 Å². The van der Waals surface area contributed by atoms with Crippen LogP contribution in [-0.2, 0) is 11.8 Å². The van der Waals surface area contributed by atoms with E-state index in [0.717, 1.165) is 12.8 Å². The maximum absolute atomic E-state index is 11.5. The molecule has 1 aromatic rings. The van der Waals surface area contributed by atoms with Gasteiger partial charge in [-0.25, -0.2) is 9.89 Å². The fourth-order valence-electron chi connectivity index (χ4n) is 2.90. The van der Waals surface area contributed by atoms with Gasteiger partial charge in [-0.15, -0.1) is 5.10 Å². The van der Waals surface area contributed by atoms with Crippen LogP contribution in [0.3, 0.4) is 0 Å². The quantitative estimate of drug-likeness (QED) is 0.892. The first-order valence-corrected chi connectivity index (χ1v) is 8.09. The normalized spacial score (nSPS) is 26.8. The van der Waals surface area contributed by atoms with Crippen molar-refractivity contribution in [1.29, 1.82) is 0 Å². The molecule has 1 fully saturated rings. The lowest BCUT2D eigenvalue weighted by atomic mass is 9.69. The van der Waals surface area contributed by atoms with Gasteiger partial charge in [0.2, 0.25) is 0 Å². The van der Waals surface area contributed by atoms with Crippen molar-refractivity contribution in [2.45, 2.75) is 50.4 Å². The van der Waals surface area contributed by atoms with Crippen molar-refractivity contribution in [3.05, 3.63) is 10.5 Å². The zero-order chi connectivity index (χ0) is 15.8. The highest BCUT2D eigenvalue weighted by Gasteiger charge is 2.40. The van der Waals surface area contributed by atoms with E-state index < -0.39 is 5.97 Å². The van der Waals surface area contributed by atoms with Crippen molar-refractivity contribution in [2.24, 2.45) is 24.3 Å². The van der Waals surface area contributed by atoms with Gasteiger partial charge < -0.3 is 5.11 Å². The molecule has 1 heterocycles. The van der Waals surface area contributed by atoms with Gasteiger partial charge >= 0.3 is 11.7 Å². The molecule has 7 heteroatoms. The van der Waals surface area contributed by atoms with Gasteiger partial charge in [-0.1, -0.05) is 32.5 Å². The van der Waals surface area contributed by atoms with Gasteiger partial charge in [0.1, 0.15) is 0 Å². The van der Waals surface area contributed by atoms with Crippen LogP contribution >= 0.6 is 11.8 Å². The molecule has 3 atom stereocenters. The topological polar surface area (TPSA) is 88.0 Å². The molecule has 118 valence electrons. The summed E-state index contributed by atoms with van der Waals surface area (Å²) in [6.07, 6.45) is 2.47. The van der Waals surface area contributed by atoms with Gasteiger partial charge in [-0.3, -0.25) is 9.36 Å². The molecule has 1 aliphatic carbocycles. The molecule has 0 aromatic carbocycles. The monoisotopic (exact) mass is 313 g/mol. The second-order valence-corrected chi connectivity index (χ2v) is 8.05. The Bertz CT molecular complexity index is 573. The maximum Gasteiger partial charge on any atom is 0.343 e. The average molecular weight is 313 g/mol. The molecule has 0 radical (unpaired) electrons. The third-order valence-corrected chi connectivity index (χ3v) is 5.83. The first kappa shape index (κ1) is 16.1. The number of aliphatic carboxylic acids is 1. The number of carboxylic acid groups (broad SMARTS) is 1. The van der Waals surface area contributed by atoms with Gasteiger partial charge in [-0.2, -0.15) is 0 Å². The summed E-state index contributed by atoms with van der Waals surface area (Å²) < 4.78 is 1.43. The minimum atomic E-state index is -0.750. The van der Waals surface area contributed by atoms with E-state index in [1.807, 2.05) is 0 Å². The van der Waals surface area contributed by atoms with E-state index in [1.165, 1.54) is 16.3 Å². The Kier molecular flexibility index (Phi) is 4.51. The Labute approximate surface area is 128 Å². The summed E-state index contributed by atoms with van der Waals surface area (Å²) in [4.78, 5) is 22.9. The molecule has 0 bridgehead atoms. The number of aromatic nitrogens is 3. The second kappa shape index (κ2) is 5.87. The van der Waals surface area contributed by atoms with Crippen molar-refractivity contribution in [3.63, 3.8) is 0 Å². The number of nitrogens with zero attached hydrogens (tertiary/aromatic N) is 2. The van der Waals surface area contributed by atoms with Crippen LogP contribution in [0.4, 0.5) is 0 Å². The molecule has 0 aliphatic heterocycles. The highest BCUT2D eigenvalue weighted by molar-refractivity contribution is 7.99. The third kappa shape index (κ3) is 3.51. The molecule has 0 spiro atoms. The number of hydrogen-bond acceptors (Lipinski definition) is 4. The van der Waals surface area contributed by atoms with Crippen LogP contribution in [0, 0.1) is 17.3 Å². The lowest BCUT2D eigenvalue weighted by molar-refractivity contribution is -0.143. The van der Waals surface area contributed by atoms with Crippen molar-refractivity contribution >= 4 is 17.7 Å². The fourth-order valence-corrected chi connectivity index (χ4v) is 4.26. The van der Waals surface area contributed by atoms with Crippen LogP contribution in [-0.4, -0.2) is 31.1 Å². The summed E-state index contributed by atoms with van der Waals surface area (Å²) in [7, 11) is 1.65. The predicted molar refractivity (Wildman–Crippen MR) is 81.4 cm³/mol. The molecule has 2 N–H and O–H groups in total. The summed E-state index contributed by atoms with van der Waals surface area (Å²) in [6, 6.07) is 0. The molecule has 21 heavy (non-hydrogen) atoms. The van der Waals surface area contributed by atoms with Gasteiger partial charge in [0.05, 0.1) is 5.92 Å². The van der Waals surface area contributed by atoms with Crippen LogP contribution in [0.25, 0.3) is 0 Å². The van der Waals surface area contributed by atoms with E-state index >= 15 is 0 Å². The number of thioether (sulfide) groups is 1. The summed E-state index contributed by atoms with van der Waals surface area (Å²) in [5.74, 6) is -0.637. The number of rotatable bonds is 3. The smallest absolute Gasteiger partial charge is 0.343 e. The Morgan fingerprint density at radius 2 is 2.10 bits per heavy atom. The fraction of sp³-hybridized carbons (Fsp3) is 0.786. The molecule has 0 saturated heterocycles. The molecule has 3 unspecified atom stereocenters. The second-order valence-electron chi connectivity index (χ2n) is 6.85. The number of aromatic amines is 1. The molecule has 6 nitrogen and oxygen atoms in total. The zero-order valence-electron chi connectivity index (χ0n) is 12.9. The van der Waals surface area contributed by atoms with Crippen LogP contribution in [0.5, 0.6) is 0 Å². The Morgan fingerprint density at radius 1 is 1.43 bits per heavy atom.